The summed E-state index contributed by atoms with van der Waals surface area (Å²) >= 11 is 0. The molecule has 0 aromatic heterocycles. The van der Waals surface area contributed by atoms with Gasteiger partial charge in [0.15, 0.2) is 0 Å². The van der Waals surface area contributed by atoms with Crippen molar-refractivity contribution < 1.29 is 9.59 Å². The second-order valence-electron chi connectivity index (χ2n) is 8.99. The van der Waals surface area contributed by atoms with Gasteiger partial charge in [0.25, 0.3) is 0 Å². The van der Waals surface area contributed by atoms with Gasteiger partial charge < -0.3 is 10.6 Å². The molecule has 0 saturated heterocycles. The normalized spacial score (nSPS) is 33.3. The van der Waals surface area contributed by atoms with E-state index in [-0.39, 0.29) is 17.7 Å². The molecule has 3 saturated carbocycles. The molecule has 0 unspecified atom stereocenters. The van der Waals surface area contributed by atoms with E-state index in [1.807, 2.05) is 0 Å². The monoisotopic (exact) mass is 348 g/mol. The molecule has 0 aliphatic heterocycles. The molecule has 0 heterocycles. The molecule has 2 N–H and O–H groups in total. The summed E-state index contributed by atoms with van der Waals surface area (Å²) in [6.07, 6.45) is 13.4. The summed E-state index contributed by atoms with van der Waals surface area (Å²) in [5, 5.41) is 6.44. The Morgan fingerprint density at radius 3 is 2.12 bits per heavy atom. The van der Waals surface area contributed by atoms with Crippen LogP contribution in [0.3, 0.4) is 0 Å². The molecule has 0 bridgehead atoms. The van der Waals surface area contributed by atoms with Gasteiger partial charge >= 0.3 is 0 Å². The highest BCUT2D eigenvalue weighted by atomic mass is 16.2. The van der Waals surface area contributed by atoms with Crippen LogP contribution in [-0.2, 0) is 9.59 Å². The van der Waals surface area contributed by atoms with E-state index in [4.69, 9.17) is 0 Å². The van der Waals surface area contributed by atoms with Crippen LogP contribution in [0.15, 0.2) is 0 Å². The van der Waals surface area contributed by atoms with Crippen LogP contribution >= 0.6 is 0 Å². The molecule has 3 fully saturated rings. The van der Waals surface area contributed by atoms with E-state index in [1.165, 1.54) is 32.1 Å². The van der Waals surface area contributed by atoms with E-state index in [1.54, 1.807) is 0 Å². The highest BCUT2D eigenvalue weighted by molar-refractivity contribution is 5.78. The fourth-order valence-electron chi connectivity index (χ4n) is 4.67. The fourth-order valence-corrected chi connectivity index (χ4v) is 4.67. The first-order valence-electron chi connectivity index (χ1n) is 10.7. The molecule has 0 radical (unpaired) electrons. The molecule has 0 aromatic carbocycles. The predicted octanol–water partition coefficient (Wildman–Crippen LogP) is 3.79. The van der Waals surface area contributed by atoms with Crippen LogP contribution in [0.25, 0.3) is 0 Å². The standard InChI is InChI=1S/C21H36N2O2/c1-15-5-9-18(10-6-15)21(25)22-14-17-7-11-19(12-8-17)23-20(24)13-16-3-2-4-16/h15-19H,2-14H2,1H3,(H,22,25)(H,23,24). The van der Waals surface area contributed by atoms with E-state index >= 15 is 0 Å². The molecular formula is C21H36N2O2. The first-order chi connectivity index (χ1) is 12.1. The van der Waals surface area contributed by atoms with Gasteiger partial charge in [0.05, 0.1) is 0 Å². The molecule has 0 aromatic rings. The van der Waals surface area contributed by atoms with Crippen LogP contribution in [0.4, 0.5) is 0 Å². The van der Waals surface area contributed by atoms with E-state index in [0.717, 1.165) is 57.4 Å². The average molecular weight is 349 g/mol. The van der Waals surface area contributed by atoms with Crippen LogP contribution in [0.1, 0.15) is 84.0 Å². The Bertz CT molecular complexity index is 445. The van der Waals surface area contributed by atoms with Crippen molar-refractivity contribution in [2.24, 2.45) is 23.7 Å². The predicted molar refractivity (Wildman–Crippen MR) is 100.0 cm³/mol. The van der Waals surface area contributed by atoms with E-state index in [9.17, 15) is 9.59 Å². The van der Waals surface area contributed by atoms with Crippen molar-refractivity contribution in [1.29, 1.82) is 0 Å². The van der Waals surface area contributed by atoms with Crippen LogP contribution in [0.5, 0.6) is 0 Å². The van der Waals surface area contributed by atoms with Crippen molar-refractivity contribution in [3.8, 4) is 0 Å². The van der Waals surface area contributed by atoms with Crippen molar-refractivity contribution in [2.75, 3.05) is 6.54 Å². The van der Waals surface area contributed by atoms with E-state index < -0.39 is 0 Å². The average Bonchev–Trinajstić information content (AvgIpc) is 2.58. The Morgan fingerprint density at radius 2 is 1.52 bits per heavy atom. The largest absolute Gasteiger partial charge is 0.356 e. The fraction of sp³-hybridized carbons (Fsp3) is 0.905. The lowest BCUT2D eigenvalue weighted by molar-refractivity contribution is -0.126. The molecule has 2 amide bonds. The van der Waals surface area contributed by atoms with Gasteiger partial charge in [0.2, 0.25) is 11.8 Å². The maximum absolute atomic E-state index is 12.3. The minimum Gasteiger partial charge on any atom is -0.356 e. The Kier molecular flexibility index (Phi) is 6.77. The Balaban J connectivity index is 1.28. The van der Waals surface area contributed by atoms with Crippen LogP contribution in [0.2, 0.25) is 0 Å². The quantitative estimate of drug-likeness (QED) is 0.767. The zero-order chi connectivity index (χ0) is 17.6. The number of hydrogen-bond acceptors (Lipinski definition) is 2. The zero-order valence-corrected chi connectivity index (χ0v) is 15.9. The van der Waals surface area contributed by atoms with Gasteiger partial charge in [0, 0.05) is 24.9 Å². The van der Waals surface area contributed by atoms with E-state index in [0.29, 0.717) is 17.9 Å². The minimum atomic E-state index is 0.248. The Labute approximate surface area is 152 Å². The molecule has 3 rings (SSSR count). The number of carbonyl (C=O) groups is 2. The molecule has 3 aliphatic rings. The van der Waals surface area contributed by atoms with Gasteiger partial charge in [-0.2, -0.15) is 0 Å². The Hall–Kier alpha value is -1.06. The third-order valence-electron chi connectivity index (χ3n) is 6.86. The first-order valence-corrected chi connectivity index (χ1v) is 10.7. The topological polar surface area (TPSA) is 58.2 Å². The maximum Gasteiger partial charge on any atom is 0.223 e. The zero-order valence-electron chi connectivity index (χ0n) is 15.9. The maximum atomic E-state index is 12.3. The van der Waals surface area contributed by atoms with Gasteiger partial charge in [-0.25, -0.2) is 0 Å². The van der Waals surface area contributed by atoms with Crippen molar-refractivity contribution in [2.45, 2.75) is 90.0 Å². The van der Waals surface area contributed by atoms with Gasteiger partial charge in [-0.3, -0.25) is 9.59 Å². The summed E-state index contributed by atoms with van der Waals surface area (Å²) in [5.74, 6) is 2.81. The number of amides is 2. The van der Waals surface area contributed by atoms with Crippen LogP contribution in [0, 0.1) is 23.7 Å². The molecule has 4 nitrogen and oxygen atoms in total. The highest BCUT2D eigenvalue weighted by Crippen LogP contribution is 2.30. The van der Waals surface area contributed by atoms with Crippen LogP contribution < -0.4 is 10.6 Å². The molecular weight excluding hydrogens is 312 g/mol. The first kappa shape index (κ1) is 18.7. The van der Waals surface area contributed by atoms with Crippen molar-refractivity contribution in [3.63, 3.8) is 0 Å². The molecule has 4 heteroatoms. The van der Waals surface area contributed by atoms with Crippen LogP contribution in [-0.4, -0.2) is 24.4 Å². The van der Waals surface area contributed by atoms with Gasteiger partial charge in [-0.15, -0.1) is 0 Å². The molecule has 25 heavy (non-hydrogen) atoms. The SMILES string of the molecule is CC1CCC(C(=O)NCC2CCC(NC(=O)CC3CCC3)CC2)CC1. The summed E-state index contributed by atoms with van der Waals surface area (Å²) in [6, 6.07) is 0.361. The second-order valence-corrected chi connectivity index (χ2v) is 8.99. The van der Waals surface area contributed by atoms with E-state index in [2.05, 4.69) is 17.6 Å². The Morgan fingerprint density at radius 1 is 0.840 bits per heavy atom. The van der Waals surface area contributed by atoms with Crippen molar-refractivity contribution in [1.82, 2.24) is 10.6 Å². The van der Waals surface area contributed by atoms with Gasteiger partial charge in [0.1, 0.15) is 0 Å². The third-order valence-corrected chi connectivity index (χ3v) is 6.86. The number of nitrogens with one attached hydrogen (secondary N) is 2. The second kappa shape index (κ2) is 9.05. The smallest absolute Gasteiger partial charge is 0.223 e. The molecule has 0 atom stereocenters. The lowest BCUT2D eigenvalue weighted by Gasteiger charge is -2.31. The minimum absolute atomic E-state index is 0.248. The third kappa shape index (κ3) is 5.72. The summed E-state index contributed by atoms with van der Waals surface area (Å²) in [7, 11) is 0. The molecule has 3 aliphatic carbocycles. The molecule has 142 valence electrons. The highest BCUT2D eigenvalue weighted by Gasteiger charge is 2.27. The molecule has 0 spiro atoms. The summed E-state index contributed by atoms with van der Waals surface area (Å²) in [5.41, 5.74) is 0. The van der Waals surface area contributed by atoms with Gasteiger partial charge in [-0.1, -0.05) is 13.3 Å². The van der Waals surface area contributed by atoms with Gasteiger partial charge in [-0.05, 0) is 82.0 Å². The number of carbonyl (C=O) groups excluding carboxylic acids is 2. The lowest BCUT2D eigenvalue weighted by atomic mass is 9.82. The number of hydrogen-bond donors (Lipinski definition) is 2. The van der Waals surface area contributed by atoms with Crippen molar-refractivity contribution in [3.05, 3.63) is 0 Å². The summed E-state index contributed by atoms with van der Waals surface area (Å²) in [4.78, 5) is 24.4. The summed E-state index contributed by atoms with van der Waals surface area (Å²) in [6.45, 7) is 3.12. The van der Waals surface area contributed by atoms with Crippen molar-refractivity contribution >= 4 is 11.8 Å². The number of rotatable bonds is 6. The lowest BCUT2D eigenvalue weighted by Crippen LogP contribution is -2.41. The summed E-state index contributed by atoms with van der Waals surface area (Å²) < 4.78 is 0.